The Balaban J connectivity index is 2.36. The van der Waals surface area contributed by atoms with Crippen molar-refractivity contribution in [3.05, 3.63) is 29.3 Å². The lowest BCUT2D eigenvalue weighted by Gasteiger charge is -2.30. The maximum Gasteiger partial charge on any atom is 0.149 e. The third-order valence-electron chi connectivity index (χ3n) is 3.57. The highest BCUT2D eigenvalue weighted by Crippen LogP contribution is 2.30. The highest BCUT2D eigenvalue weighted by Gasteiger charge is 2.23. The van der Waals surface area contributed by atoms with Crippen LogP contribution in [0.25, 0.3) is 0 Å². The minimum absolute atomic E-state index is 0.147. The van der Waals surface area contributed by atoms with Gasteiger partial charge >= 0.3 is 0 Å². The van der Waals surface area contributed by atoms with Gasteiger partial charge in [0.2, 0.25) is 0 Å². The van der Waals surface area contributed by atoms with Crippen molar-refractivity contribution in [1.29, 1.82) is 0 Å². The molecule has 100 valence electrons. The molecule has 18 heavy (non-hydrogen) atoms. The first kappa shape index (κ1) is 13.8. The maximum atomic E-state index is 14.1. The fourth-order valence-electron chi connectivity index (χ4n) is 2.58. The number of nitrogens with zero attached hydrogens (tertiary/aromatic N) is 1. The fraction of sp³-hybridized carbons (Fsp3) is 0.571. The SMILES string of the molecule is CC1CCCCCN1c1c(F)cc(CBr)cc1F. The van der Waals surface area contributed by atoms with Gasteiger partial charge in [0, 0.05) is 17.9 Å². The predicted octanol–water partition coefficient (Wildman–Crippen LogP) is 4.63. The van der Waals surface area contributed by atoms with E-state index in [0.717, 1.165) is 32.2 Å². The summed E-state index contributed by atoms with van der Waals surface area (Å²) in [6, 6.07) is 3.04. The number of hydrogen-bond donors (Lipinski definition) is 0. The van der Waals surface area contributed by atoms with Crippen LogP contribution in [0.3, 0.4) is 0 Å². The lowest BCUT2D eigenvalue weighted by molar-refractivity contribution is 0.543. The Morgan fingerprint density at radius 3 is 2.50 bits per heavy atom. The number of halogens is 3. The molecule has 4 heteroatoms. The normalized spacial score (nSPS) is 20.9. The third-order valence-corrected chi connectivity index (χ3v) is 4.22. The van der Waals surface area contributed by atoms with Crippen LogP contribution in [0.4, 0.5) is 14.5 Å². The molecule has 0 bridgehead atoms. The molecule has 0 saturated carbocycles. The van der Waals surface area contributed by atoms with Gasteiger partial charge in [-0.15, -0.1) is 0 Å². The predicted molar refractivity (Wildman–Crippen MR) is 74.3 cm³/mol. The van der Waals surface area contributed by atoms with Crippen LogP contribution >= 0.6 is 15.9 Å². The second-order valence-corrected chi connectivity index (χ2v) is 5.49. The molecule has 0 spiro atoms. The molecular weight excluding hydrogens is 300 g/mol. The summed E-state index contributed by atoms with van der Waals surface area (Å²) in [6.07, 6.45) is 4.28. The second-order valence-electron chi connectivity index (χ2n) is 4.93. The average Bonchev–Trinajstić information content (AvgIpc) is 2.54. The first-order valence-electron chi connectivity index (χ1n) is 6.44. The van der Waals surface area contributed by atoms with Crippen LogP contribution in [0.15, 0.2) is 12.1 Å². The maximum absolute atomic E-state index is 14.1. The third kappa shape index (κ3) is 2.85. The number of benzene rings is 1. The Morgan fingerprint density at radius 1 is 1.22 bits per heavy atom. The fourth-order valence-corrected chi connectivity index (χ4v) is 2.90. The number of alkyl halides is 1. The van der Waals surface area contributed by atoms with Gasteiger partial charge in [0.05, 0.1) is 0 Å². The molecule has 0 amide bonds. The topological polar surface area (TPSA) is 3.24 Å². The van der Waals surface area contributed by atoms with Gasteiger partial charge in [-0.3, -0.25) is 0 Å². The van der Waals surface area contributed by atoms with E-state index in [9.17, 15) is 8.78 Å². The molecule has 0 aliphatic carbocycles. The summed E-state index contributed by atoms with van der Waals surface area (Å²) in [6.45, 7) is 2.78. The second kappa shape index (κ2) is 6.00. The largest absolute Gasteiger partial charge is 0.364 e. The lowest BCUT2D eigenvalue weighted by Crippen LogP contribution is -2.34. The number of rotatable bonds is 2. The van der Waals surface area contributed by atoms with E-state index < -0.39 is 11.6 Å². The van der Waals surface area contributed by atoms with Crippen molar-refractivity contribution in [2.75, 3.05) is 11.4 Å². The molecule has 1 saturated heterocycles. The van der Waals surface area contributed by atoms with E-state index in [1.807, 2.05) is 11.8 Å². The lowest BCUT2D eigenvalue weighted by atomic mass is 10.1. The number of hydrogen-bond acceptors (Lipinski definition) is 1. The zero-order valence-corrected chi connectivity index (χ0v) is 12.1. The Morgan fingerprint density at radius 2 is 1.89 bits per heavy atom. The molecular formula is C14H18BrF2N. The Hall–Kier alpha value is -0.640. The average molecular weight is 318 g/mol. The van der Waals surface area contributed by atoms with Gasteiger partial charge in [-0.05, 0) is 37.5 Å². The molecule has 1 nitrogen and oxygen atoms in total. The van der Waals surface area contributed by atoms with E-state index in [0.29, 0.717) is 10.9 Å². The van der Waals surface area contributed by atoms with E-state index in [4.69, 9.17) is 0 Å². The molecule has 1 atom stereocenters. The smallest absolute Gasteiger partial charge is 0.149 e. The number of anilines is 1. The highest BCUT2D eigenvalue weighted by atomic mass is 79.9. The minimum atomic E-state index is -0.446. The van der Waals surface area contributed by atoms with Crippen molar-refractivity contribution in [1.82, 2.24) is 0 Å². The first-order valence-corrected chi connectivity index (χ1v) is 7.56. The van der Waals surface area contributed by atoms with Gasteiger partial charge in [-0.1, -0.05) is 28.8 Å². The Kier molecular flexibility index (Phi) is 4.60. The monoisotopic (exact) mass is 317 g/mol. The van der Waals surface area contributed by atoms with Crippen LogP contribution in [0.2, 0.25) is 0 Å². The zero-order chi connectivity index (χ0) is 13.1. The van der Waals surface area contributed by atoms with E-state index in [1.54, 1.807) is 0 Å². The summed E-state index contributed by atoms with van der Waals surface area (Å²) in [4.78, 5) is 1.88. The Bertz CT molecular complexity index is 399. The minimum Gasteiger partial charge on any atom is -0.364 e. The van der Waals surface area contributed by atoms with E-state index in [2.05, 4.69) is 15.9 Å². The van der Waals surface area contributed by atoms with Gasteiger partial charge in [0.1, 0.15) is 17.3 Å². The summed E-state index contributed by atoms with van der Waals surface area (Å²) < 4.78 is 28.2. The van der Waals surface area contributed by atoms with Crippen LogP contribution in [0.5, 0.6) is 0 Å². The van der Waals surface area contributed by atoms with Crippen molar-refractivity contribution in [2.24, 2.45) is 0 Å². The molecule has 1 aromatic rings. The van der Waals surface area contributed by atoms with Gasteiger partial charge in [0.25, 0.3) is 0 Å². The van der Waals surface area contributed by atoms with Crippen LogP contribution in [0.1, 0.15) is 38.2 Å². The van der Waals surface area contributed by atoms with E-state index in [1.165, 1.54) is 12.1 Å². The molecule has 1 heterocycles. The van der Waals surface area contributed by atoms with Crippen LogP contribution in [0, 0.1) is 11.6 Å². The highest BCUT2D eigenvalue weighted by molar-refractivity contribution is 9.08. The van der Waals surface area contributed by atoms with Crippen molar-refractivity contribution in [3.8, 4) is 0 Å². The van der Waals surface area contributed by atoms with Crippen LogP contribution < -0.4 is 4.90 Å². The molecule has 2 rings (SSSR count). The summed E-state index contributed by atoms with van der Waals surface area (Å²) >= 11 is 3.22. The zero-order valence-electron chi connectivity index (χ0n) is 10.6. The molecule has 1 unspecified atom stereocenters. The van der Waals surface area contributed by atoms with Gasteiger partial charge < -0.3 is 4.90 Å². The summed E-state index contributed by atoms with van der Waals surface area (Å²) in [5, 5.41) is 0.469. The van der Waals surface area contributed by atoms with Gasteiger partial charge in [0.15, 0.2) is 0 Å². The van der Waals surface area contributed by atoms with Crippen molar-refractivity contribution in [3.63, 3.8) is 0 Å². The van der Waals surface area contributed by atoms with Gasteiger partial charge in [-0.25, -0.2) is 8.78 Å². The molecule has 0 N–H and O–H groups in total. The summed E-state index contributed by atoms with van der Waals surface area (Å²) in [5.41, 5.74) is 0.783. The quantitative estimate of drug-likeness (QED) is 0.719. The standard InChI is InChI=1S/C14H18BrF2N/c1-10-5-3-2-4-6-18(10)14-12(16)7-11(9-15)8-13(14)17/h7-8,10H,2-6,9H2,1H3. The Labute approximate surface area is 115 Å². The van der Waals surface area contributed by atoms with E-state index >= 15 is 0 Å². The van der Waals surface area contributed by atoms with Crippen molar-refractivity contribution in [2.45, 2.75) is 44.0 Å². The van der Waals surface area contributed by atoms with Crippen molar-refractivity contribution >= 4 is 21.6 Å². The van der Waals surface area contributed by atoms with Crippen LogP contribution in [-0.4, -0.2) is 12.6 Å². The molecule has 0 aromatic heterocycles. The summed E-state index contributed by atoms with van der Waals surface area (Å²) in [7, 11) is 0. The van der Waals surface area contributed by atoms with E-state index in [-0.39, 0.29) is 11.7 Å². The molecule has 1 aliphatic rings. The molecule has 0 radical (unpaired) electrons. The van der Waals surface area contributed by atoms with Crippen molar-refractivity contribution < 1.29 is 8.78 Å². The van der Waals surface area contributed by atoms with Crippen LogP contribution in [-0.2, 0) is 5.33 Å². The summed E-state index contributed by atoms with van der Waals surface area (Å²) in [5.74, 6) is -0.892. The van der Waals surface area contributed by atoms with Gasteiger partial charge in [-0.2, -0.15) is 0 Å². The molecule has 1 aromatic carbocycles. The first-order chi connectivity index (χ1) is 8.63. The molecule has 1 aliphatic heterocycles. The molecule has 1 fully saturated rings.